The van der Waals surface area contributed by atoms with Crippen molar-refractivity contribution in [3.05, 3.63) is 69.7 Å². The lowest BCUT2D eigenvalue weighted by molar-refractivity contribution is -0.669. The SMILES string of the molecule is COc1ccc2c(c1)N(CCCCS(=O)(=O)[O-])/C(=C\C1=CC(=C\c3sc4ccc(OC)cc4[n+]3CCCCS(=O)(=O)O)/CC(C)(C)C1)S2. The van der Waals surface area contributed by atoms with E-state index in [1.165, 1.54) is 11.1 Å². The minimum Gasteiger partial charge on any atom is -0.748 e. The highest BCUT2D eigenvalue weighted by atomic mass is 32.2. The van der Waals surface area contributed by atoms with E-state index < -0.39 is 20.2 Å². The lowest BCUT2D eigenvalue weighted by atomic mass is 9.75. The van der Waals surface area contributed by atoms with Crippen molar-refractivity contribution >= 4 is 65.3 Å². The number of methoxy groups -OCH3 is 2. The number of thiazole rings is 1. The van der Waals surface area contributed by atoms with E-state index in [0.717, 1.165) is 55.2 Å². The van der Waals surface area contributed by atoms with Crippen LogP contribution in [0.4, 0.5) is 5.69 Å². The van der Waals surface area contributed by atoms with Gasteiger partial charge in [-0.05, 0) is 79.0 Å². The number of hydrogen-bond acceptors (Lipinski definition) is 10. The number of anilines is 1. The monoisotopic (exact) mass is 734 g/mol. The van der Waals surface area contributed by atoms with Gasteiger partial charge in [0, 0.05) is 35.8 Å². The molecule has 48 heavy (non-hydrogen) atoms. The molecule has 0 radical (unpaired) electrons. The molecule has 1 aliphatic carbocycles. The molecule has 2 aliphatic rings. The Labute approximate surface area is 291 Å². The predicted molar refractivity (Wildman–Crippen MR) is 191 cm³/mol. The summed E-state index contributed by atoms with van der Waals surface area (Å²) in [5.41, 5.74) is 4.35. The Hall–Kier alpha value is -2.88. The summed E-state index contributed by atoms with van der Waals surface area (Å²) in [4.78, 5) is 3.27. The predicted octanol–water partition coefficient (Wildman–Crippen LogP) is 6.78. The third-order valence-electron chi connectivity index (χ3n) is 8.29. The quantitative estimate of drug-likeness (QED) is 0.107. The van der Waals surface area contributed by atoms with E-state index in [0.29, 0.717) is 38.8 Å². The summed E-state index contributed by atoms with van der Waals surface area (Å²) < 4.78 is 79.8. The molecule has 0 spiro atoms. The van der Waals surface area contributed by atoms with Gasteiger partial charge in [0.1, 0.15) is 16.2 Å². The number of thioether (sulfide) groups is 1. The van der Waals surface area contributed by atoms with E-state index in [1.54, 1.807) is 37.3 Å². The molecule has 2 heterocycles. The van der Waals surface area contributed by atoms with Crippen LogP contribution in [0.15, 0.2) is 69.6 Å². The first-order chi connectivity index (χ1) is 22.6. The number of ether oxygens (including phenoxy) is 2. The van der Waals surface area contributed by atoms with Crippen LogP contribution in [-0.4, -0.2) is 58.2 Å². The van der Waals surface area contributed by atoms with Gasteiger partial charge in [0.05, 0.1) is 46.9 Å². The molecule has 3 aromatic rings. The summed E-state index contributed by atoms with van der Waals surface area (Å²) in [6.07, 6.45) is 10.2. The molecule has 14 heteroatoms. The molecule has 5 rings (SSSR count). The highest BCUT2D eigenvalue weighted by molar-refractivity contribution is 8.03. The average Bonchev–Trinajstić information content (AvgIpc) is 3.51. The molecule has 0 saturated carbocycles. The standard InChI is InChI=1S/C34H42N2O8S4/c1-34(2)22-24(18-32-35(13-5-7-15-47(37,38)39)28-20-26(43-3)9-11-30(28)45-32)17-25(23-34)19-33-36(14-6-8-16-48(40,41)42)29-21-27(44-4)10-12-31(29)46-33/h9-12,17-21H,5-8,13-16,22-23H2,1-4H3,(H-,37,38,39,40,41,42). The Morgan fingerprint density at radius 2 is 1.67 bits per heavy atom. The maximum atomic E-state index is 11.3. The second kappa shape index (κ2) is 14.9. The molecule has 0 fully saturated rings. The molecule has 1 aromatic heterocycles. The van der Waals surface area contributed by atoms with Gasteiger partial charge in [-0.3, -0.25) is 4.55 Å². The van der Waals surface area contributed by atoms with Crippen molar-refractivity contribution in [1.82, 2.24) is 0 Å². The van der Waals surface area contributed by atoms with Gasteiger partial charge in [-0.2, -0.15) is 13.0 Å². The van der Waals surface area contributed by atoms with E-state index in [-0.39, 0.29) is 16.9 Å². The van der Waals surface area contributed by atoms with Crippen LogP contribution >= 0.6 is 23.1 Å². The third-order valence-corrected chi connectivity index (χ3v) is 12.1. The van der Waals surface area contributed by atoms with Crippen LogP contribution in [0.25, 0.3) is 16.3 Å². The maximum Gasteiger partial charge on any atom is 0.264 e. The molecule has 0 saturated heterocycles. The van der Waals surface area contributed by atoms with E-state index in [9.17, 15) is 25.9 Å². The summed E-state index contributed by atoms with van der Waals surface area (Å²) in [6, 6.07) is 11.9. The number of fused-ring (bicyclic) bond motifs is 2. The summed E-state index contributed by atoms with van der Waals surface area (Å²) in [5, 5.41) is 2.08. The van der Waals surface area contributed by atoms with Crippen LogP contribution < -0.4 is 18.9 Å². The molecule has 1 aliphatic heterocycles. The van der Waals surface area contributed by atoms with Gasteiger partial charge in [0.15, 0.2) is 6.54 Å². The van der Waals surface area contributed by atoms with Crippen LogP contribution in [0.5, 0.6) is 11.5 Å². The van der Waals surface area contributed by atoms with Crippen LogP contribution in [0, 0.1) is 5.41 Å². The van der Waals surface area contributed by atoms with Crippen LogP contribution in [0.2, 0.25) is 0 Å². The number of hydrogen-bond donors (Lipinski definition) is 1. The topological polar surface area (TPSA) is 137 Å². The van der Waals surface area contributed by atoms with Crippen molar-refractivity contribution in [3.63, 3.8) is 0 Å². The van der Waals surface area contributed by atoms with Gasteiger partial charge in [-0.1, -0.05) is 43.0 Å². The summed E-state index contributed by atoms with van der Waals surface area (Å²) in [6.45, 7) is 5.67. The van der Waals surface area contributed by atoms with Gasteiger partial charge >= 0.3 is 0 Å². The molecular formula is C34H42N2O8S4. The Morgan fingerprint density at radius 3 is 2.38 bits per heavy atom. The zero-order valence-corrected chi connectivity index (χ0v) is 30.9. The summed E-state index contributed by atoms with van der Waals surface area (Å²) in [7, 11) is -5.02. The lowest BCUT2D eigenvalue weighted by Crippen LogP contribution is -2.35. The van der Waals surface area contributed by atoms with E-state index in [4.69, 9.17) is 9.47 Å². The number of aryl methyl sites for hydroxylation is 1. The minimum atomic E-state index is -4.27. The number of allylic oxidation sites excluding steroid dienone is 4. The first-order valence-electron chi connectivity index (χ1n) is 15.8. The fourth-order valence-electron chi connectivity index (χ4n) is 6.21. The zero-order chi connectivity index (χ0) is 34.7. The molecule has 260 valence electrons. The minimum absolute atomic E-state index is 0.0140. The van der Waals surface area contributed by atoms with E-state index in [2.05, 4.69) is 41.5 Å². The number of unbranched alkanes of at least 4 members (excludes halogenated alkanes) is 2. The normalized spacial score (nSPS) is 18.0. The number of nitrogens with zero attached hydrogens (tertiary/aromatic N) is 2. The molecular weight excluding hydrogens is 693 g/mol. The summed E-state index contributed by atoms with van der Waals surface area (Å²) >= 11 is 3.34. The van der Waals surface area contributed by atoms with Crippen molar-refractivity contribution in [2.45, 2.75) is 63.8 Å². The van der Waals surface area contributed by atoms with Gasteiger partial charge in [0.25, 0.3) is 15.1 Å². The van der Waals surface area contributed by atoms with Gasteiger partial charge < -0.3 is 18.9 Å². The molecule has 0 bridgehead atoms. The second-order valence-electron chi connectivity index (χ2n) is 12.9. The summed E-state index contributed by atoms with van der Waals surface area (Å²) in [5.74, 6) is 0.827. The second-order valence-corrected chi connectivity index (χ2v) is 18.1. The van der Waals surface area contributed by atoms with Crippen molar-refractivity contribution < 1.29 is 40.0 Å². The molecule has 2 aromatic carbocycles. The largest absolute Gasteiger partial charge is 0.748 e. The highest BCUT2D eigenvalue weighted by Crippen LogP contribution is 2.49. The molecule has 10 nitrogen and oxygen atoms in total. The van der Waals surface area contributed by atoms with Crippen LogP contribution in [0.1, 0.15) is 57.4 Å². The van der Waals surface area contributed by atoms with Crippen molar-refractivity contribution in [2.24, 2.45) is 5.41 Å². The smallest absolute Gasteiger partial charge is 0.264 e. The number of benzene rings is 2. The first kappa shape index (κ1) is 36.4. The Morgan fingerprint density at radius 1 is 0.958 bits per heavy atom. The Bertz CT molecular complexity index is 1980. The Kier molecular flexibility index (Phi) is 11.3. The molecule has 1 N–H and O–H groups in total. The fourth-order valence-corrected chi connectivity index (χ4v) is 9.62. The first-order valence-corrected chi connectivity index (χ1v) is 20.6. The fraction of sp³-hybridized carbons (Fsp3) is 0.441. The van der Waals surface area contributed by atoms with Gasteiger partial charge in [-0.25, -0.2) is 8.42 Å². The average molecular weight is 735 g/mol. The maximum absolute atomic E-state index is 11.3. The van der Waals surface area contributed by atoms with E-state index >= 15 is 0 Å². The van der Waals surface area contributed by atoms with Gasteiger partial charge in [0.2, 0.25) is 5.52 Å². The van der Waals surface area contributed by atoms with Crippen LogP contribution in [-0.2, 0) is 26.8 Å². The van der Waals surface area contributed by atoms with Gasteiger partial charge in [-0.15, -0.1) is 0 Å². The van der Waals surface area contributed by atoms with E-state index in [1.807, 2.05) is 36.4 Å². The molecule has 0 amide bonds. The van der Waals surface area contributed by atoms with Crippen molar-refractivity contribution in [2.75, 3.05) is 37.2 Å². The third kappa shape index (κ3) is 9.63. The zero-order valence-electron chi connectivity index (χ0n) is 27.6. The number of rotatable bonds is 14. The highest BCUT2D eigenvalue weighted by Gasteiger charge is 2.30. The van der Waals surface area contributed by atoms with Crippen molar-refractivity contribution in [3.8, 4) is 11.5 Å². The molecule has 0 unspecified atom stereocenters. The van der Waals surface area contributed by atoms with Crippen molar-refractivity contribution in [1.29, 1.82) is 0 Å². The van der Waals surface area contributed by atoms with Crippen LogP contribution in [0.3, 0.4) is 0 Å². The Balaban J connectivity index is 1.48. The number of aromatic nitrogens is 1. The molecule has 0 atom stereocenters. The lowest BCUT2D eigenvalue weighted by Gasteiger charge is -2.31.